The van der Waals surface area contributed by atoms with E-state index in [0.29, 0.717) is 5.92 Å². The van der Waals surface area contributed by atoms with Crippen molar-refractivity contribution in [3.8, 4) is 0 Å². The van der Waals surface area contributed by atoms with E-state index in [0.717, 1.165) is 12.6 Å². The molecule has 96 valence electrons. The molecule has 1 unspecified atom stereocenters. The van der Waals surface area contributed by atoms with Crippen molar-refractivity contribution >= 4 is 10.9 Å². The standard InChI is InChI=1S/C16H22N2/c1-12(11-17)13-6-7-16-14(10-13)8-9-18(16)15-4-2-3-5-15/h6-10,12,15H,2-5,11,17H2,1H3. The molecule has 0 bridgehead atoms. The van der Waals surface area contributed by atoms with Crippen LogP contribution in [0, 0.1) is 0 Å². The molecule has 0 amide bonds. The minimum atomic E-state index is 0.448. The van der Waals surface area contributed by atoms with Crippen molar-refractivity contribution in [3.05, 3.63) is 36.0 Å². The predicted molar refractivity (Wildman–Crippen MR) is 76.9 cm³/mol. The molecule has 1 aromatic heterocycles. The molecule has 0 spiro atoms. The highest BCUT2D eigenvalue weighted by Gasteiger charge is 2.18. The predicted octanol–water partition coefficient (Wildman–Crippen LogP) is 3.82. The lowest BCUT2D eigenvalue weighted by molar-refractivity contribution is 0.536. The molecule has 3 rings (SSSR count). The highest BCUT2D eigenvalue weighted by atomic mass is 15.0. The highest BCUT2D eigenvalue weighted by molar-refractivity contribution is 5.81. The molecular formula is C16H22N2. The van der Waals surface area contributed by atoms with Crippen LogP contribution in [0.1, 0.15) is 50.1 Å². The largest absolute Gasteiger partial charge is 0.344 e. The number of hydrogen-bond donors (Lipinski definition) is 1. The fourth-order valence-corrected chi connectivity index (χ4v) is 3.13. The van der Waals surface area contributed by atoms with Crippen molar-refractivity contribution in [2.45, 2.75) is 44.6 Å². The van der Waals surface area contributed by atoms with E-state index in [1.807, 2.05) is 0 Å². The van der Waals surface area contributed by atoms with Gasteiger partial charge in [0.05, 0.1) is 0 Å². The summed E-state index contributed by atoms with van der Waals surface area (Å²) in [7, 11) is 0. The van der Waals surface area contributed by atoms with Crippen LogP contribution in [0.4, 0.5) is 0 Å². The van der Waals surface area contributed by atoms with E-state index in [4.69, 9.17) is 5.73 Å². The van der Waals surface area contributed by atoms with Crippen molar-refractivity contribution in [3.63, 3.8) is 0 Å². The lowest BCUT2D eigenvalue weighted by Gasteiger charge is -2.14. The van der Waals surface area contributed by atoms with E-state index in [2.05, 4.69) is 42.0 Å². The molecule has 1 aromatic carbocycles. The molecule has 1 saturated carbocycles. The molecule has 2 nitrogen and oxygen atoms in total. The maximum Gasteiger partial charge on any atom is 0.0483 e. The Kier molecular flexibility index (Phi) is 3.13. The van der Waals surface area contributed by atoms with E-state index < -0.39 is 0 Å². The van der Waals surface area contributed by atoms with Crippen molar-refractivity contribution < 1.29 is 0 Å². The van der Waals surface area contributed by atoms with Gasteiger partial charge in [-0.25, -0.2) is 0 Å². The number of aromatic nitrogens is 1. The van der Waals surface area contributed by atoms with Crippen LogP contribution < -0.4 is 5.73 Å². The second-order valence-corrected chi connectivity index (χ2v) is 5.62. The minimum Gasteiger partial charge on any atom is -0.344 e. The monoisotopic (exact) mass is 242 g/mol. The van der Waals surface area contributed by atoms with Crippen LogP contribution in [0.2, 0.25) is 0 Å². The molecule has 2 N–H and O–H groups in total. The second-order valence-electron chi connectivity index (χ2n) is 5.62. The normalized spacial score (nSPS) is 18.6. The van der Waals surface area contributed by atoms with Crippen LogP contribution in [-0.2, 0) is 0 Å². The zero-order valence-corrected chi connectivity index (χ0v) is 11.1. The first-order valence-corrected chi connectivity index (χ1v) is 7.10. The number of rotatable bonds is 3. The zero-order valence-electron chi connectivity index (χ0n) is 11.1. The molecule has 1 aliphatic carbocycles. The third-order valence-electron chi connectivity index (χ3n) is 4.39. The van der Waals surface area contributed by atoms with Crippen molar-refractivity contribution in [1.82, 2.24) is 4.57 Å². The van der Waals surface area contributed by atoms with E-state index in [1.54, 1.807) is 0 Å². The fourth-order valence-electron chi connectivity index (χ4n) is 3.13. The number of nitrogens with two attached hydrogens (primary N) is 1. The summed E-state index contributed by atoms with van der Waals surface area (Å²) < 4.78 is 2.47. The molecule has 1 aliphatic rings. The summed E-state index contributed by atoms with van der Waals surface area (Å²) in [6.07, 6.45) is 7.70. The van der Waals surface area contributed by atoms with E-state index in [9.17, 15) is 0 Å². The van der Waals surface area contributed by atoms with Gasteiger partial charge in [0.1, 0.15) is 0 Å². The Morgan fingerprint density at radius 1 is 1.28 bits per heavy atom. The Morgan fingerprint density at radius 2 is 2.06 bits per heavy atom. The van der Waals surface area contributed by atoms with E-state index in [-0.39, 0.29) is 0 Å². The topological polar surface area (TPSA) is 30.9 Å². The molecule has 0 saturated heterocycles. The van der Waals surface area contributed by atoms with Gasteiger partial charge >= 0.3 is 0 Å². The number of nitrogens with zero attached hydrogens (tertiary/aromatic N) is 1. The Hall–Kier alpha value is -1.28. The third-order valence-corrected chi connectivity index (χ3v) is 4.39. The molecule has 2 aromatic rings. The summed E-state index contributed by atoms with van der Waals surface area (Å²) in [4.78, 5) is 0. The fraction of sp³-hybridized carbons (Fsp3) is 0.500. The quantitative estimate of drug-likeness (QED) is 0.871. The van der Waals surface area contributed by atoms with Crippen LogP contribution in [0.5, 0.6) is 0 Å². The first-order chi connectivity index (χ1) is 8.79. The maximum absolute atomic E-state index is 5.75. The van der Waals surface area contributed by atoms with Crippen molar-refractivity contribution in [1.29, 1.82) is 0 Å². The lowest BCUT2D eigenvalue weighted by Crippen LogP contribution is -2.08. The molecule has 2 heteroatoms. The van der Waals surface area contributed by atoms with Gasteiger partial charge in [-0.2, -0.15) is 0 Å². The summed E-state index contributed by atoms with van der Waals surface area (Å²) in [5.41, 5.74) is 8.49. The SMILES string of the molecule is CC(CN)c1ccc2c(ccn2C2CCCC2)c1. The van der Waals surface area contributed by atoms with Gasteiger partial charge in [-0.05, 0) is 54.5 Å². The number of hydrogen-bond acceptors (Lipinski definition) is 1. The van der Waals surface area contributed by atoms with Crippen molar-refractivity contribution in [2.24, 2.45) is 5.73 Å². The van der Waals surface area contributed by atoms with Gasteiger partial charge in [0.2, 0.25) is 0 Å². The van der Waals surface area contributed by atoms with Gasteiger partial charge in [-0.15, -0.1) is 0 Å². The molecular weight excluding hydrogens is 220 g/mol. The van der Waals surface area contributed by atoms with Gasteiger partial charge < -0.3 is 10.3 Å². The van der Waals surface area contributed by atoms with Gasteiger partial charge in [0.15, 0.2) is 0 Å². The Balaban J connectivity index is 1.99. The molecule has 1 heterocycles. The maximum atomic E-state index is 5.75. The third kappa shape index (κ3) is 1.95. The van der Waals surface area contributed by atoms with Crippen LogP contribution in [-0.4, -0.2) is 11.1 Å². The Morgan fingerprint density at radius 3 is 2.78 bits per heavy atom. The molecule has 0 radical (unpaired) electrons. The number of benzene rings is 1. The number of fused-ring (bicyclic) bond motifs is 1. The first-order valence-electron chi connectivity index (χ1n) is 7.10. The average Bonchev–Trinajstić information content (AvgIpc) is 3.05. The Labute approximate surface area is 109 Å². The zero-order chi connectivity index (χ0) is 12.5. The second kappa shape index (κ2) is 4.77. The molecule has 1 atom stereocenters. The van der Waals surface area contributed by atoms with Gasteiger partial charge in [-0.1, -0.05) is 25.8 Å². The molecule has 0 aliphatic heterocycles. The van der Waals surface area contributed by atoms with Crippen molar-refractivity contribution in [2.75, 3.05) is 6.54 Å². The highest BCUT2D eigenvalue weighted by Crippen LogP contribution is 2.33. The lowest BCUT2D eigenvalue weighted by atomic mass is 10.00. The summed E-state index contributed by atoms with van der Waals surface area (Å²) >= 11 is 0. The van der Waals surface area contributed by atoms with Crippen LogP contribution in [0.15, 0.2) is 30.5 Å². The summed E-state index contributed by atoms with van der Waals surface area (Å²) in [5, 5.41) is 1.36. The van der Waals surface area contributed by atoms with Crippen LogP contribution >= 0.6 is 0 Å². The smallest absolute Gasteiger partial charge is 0.0483 e. The Bertz CT molecular complexity index is 535. The first kappa shape index (κ1) is 11.8. The summed E-state index contributed by atoms with van der Waals surface area (Å²) in [5.74, 6) is 0.448. The summed E-state index contributed by atoms with van der Waals surface area (Å²) in [6.45, 7) is 2.91. The van der Waals surface area contributed by atoms with Gasteiger partial charge in [0, 0.05) is 17.8 Å². The van der Waals surface area contributed by atoms with Crippen LogP contribution in [0.25, 0.3) is 10.9 Å². The van der Waals surface area contributed by atoms with Gasteiger partial charge in [0.25, 0.3) is 0 Å². The summed E-state index contributed by atoms with van der Waals surface area (Å²) in [6, 6.07) is 9.79. The van der Waals surface area contributed by atoms with E-state index >= 15 is 0 Å². The minimum absolute atomic E-state index is 0.448. The van der Waals surface area contributed by atoms with Gasteiger partial charge in [-0.3, -0.25) is 0 Å². The average molecular weight is 242 g/mol. The molecule has 18 heavy (non-hydrogen) atoms. The van der Waals surface area contributed by atoms with E-state index in [1.165, 1.54) is 42.1 Å². The molecule has 1 fully saturated rings. The van der Waals surface area contributed by atoms with Crippen LogP contribution in [0.3, 0.4) is 0 Å².